The van der Waals surface area contributed by atoms with Gasteiger partial charge in [-0.25, -0.2) is 0 Å². The predicted octanol–water partition coefficient (Wildman–Crippen LogP) is 0.0781. The second-order valence-corrected chi connectivity index (χ2v) is 5.91. The first-order valence-corrected chi connectivity index (χ1v) is 8.06. The SMILES string of the molecule is CCCC(C)NC(=O)CN1CCCC(C(=O)NCCN)C1. The summed E-state index contributed by atoms with van der Waals surface area (Å²) >= 11 is 0. The second kappa shape index (κ2) is 9.73. The Bertz CT molecular complexity index is 336. The molecule has 1 rings (SSSR count). The largest absolute Gasteiger partial charge is 0.355 e. The molecule has 1 aliphatic heterocycles. The van der Waals surface area contributed by atoms with E-state index >= 15 is 0 Å². The molecule has 2 atom stereocenters. The van der Waals surface area contributed by atoms with Gasteiger partial charge in [0, 0.05) is 25.7 Å². The third kappa shape index (κ3) is 6.91. The van der Waals surface area contributed by atoms with E-state index in [1.807, 2.05) is 6.92 Å². The standard InChI is InChI=1S/C15H30N4O2/c1-3-5-12(2)18-14(20)11-19-9-4-6-13(10-19)15(21)17-8-7-16/h12-13H,3-11,16H2,1-2H3,(H,17,21)(H,18,20). The van der Waals surface area contributed by atoms with E-state index in [1.54, 1.807) is 0 Å². The van der Waals surface area contributed by atoms with Crippen molar-refractivity contribution >= 4 is 11.8 Å². The fraction of sp³-hybridized carbons (Fsp3) is 0.867. The average Bonchev–Trinajstić information content (AvgIpc) is 2.45. The van der Waals surface area contributed by atoms with Crippen LogP contribution in [0, 0.1) is 5.92 Å². The molecule has 6 heteroatoms. The van der Waals surface area contributed by atoms with E-state index in [9.17, 15) is 9.59 Å². The summed E-state index contributed by atoms with van der Waals surface area (Å²) in [5, 5.41) is 5.84. The molecule has 0 radical (unpaired) electrons. The first kappa shape index (κ1) is 17.9. The molecule has 122 valence electrons. The van der Waals surface area contributed by atoms with Crippen molar-refractivity contribution in [1.29, 1.82) is 0 Å². The minimum absolute atomic E-state index is 0.0221. The van der Waals surface area contributed by atoms with Gasteiger partial charge in [-0.15, -0.1) is 0 Å². The first-order chi connectivity index (χ1) is 10.1. The highest BCUT2D eigenvalue weighted by molar-refractivity contribution is 5.80. The van der Waals surface area contributed by atoms with Crippen molar-refractivity contribution in [3.63, 3.8) is 0 Å². The number of carbonyl (C=O) groups excluding carboxylic acids is 2. The predicted molar refractivity (Wildman–Crippen MR) is 83.7 cm³/mol. The molecule has 2 amide bonds. The molecular formula is C15H30N4O2. The number of nitrogens with two attached hydrogens (primary N) is 1. The lowest BCUT2D eigenvalue weighted by Gasteiger charge is -2.31. The highest BCUT2D eigenvalue weighted by atomic mass is 16.2. The Morgan fingerprint density at radius 2 is 2.19 bits per heavy atom. The molecule has 1 heterocycles. The first-order valence-electron chi connectivity index (χ1n) is 8.06. The number of hydrogen-bond donors (Lipinski definition) is 3. The molecule has 0 aromatic heterocycles. The number of nitrogens with zero attached hydrogens (tertiary/aromatic N) is 1. The molecule has 6 nitrogen and oxygen atoms in total. The molecule has 0 saturated carbocycles. The molecule has 2 unspecified atom stereocenters. The Morgan fingerprint density at radius 1 is 1.43 bits per heavy atom. The number of carbonyl (C=O) groups is 2. The van der Waals surface area contributed by atoms with E-state index in [0.29, 0.717) is 26.2 Å². The van der Waals surface area contributed by atoms with Crippen LogP contribution in [0.3, 0.4) is 0 Å². The topological polar surface area (TPSA) is 87.5 Å². The Morgan fingerprint density at radius 3 is 2.86 bits per heavy atom. The summed E-state index contributed by atoms with van der Waals surface area (Å²) in [6.07, 6.45) is 3.91. The van der Waals surface area contributed by atoms with Crippen LogP contribution in [0.1, 0.15) is 39.5 Å². The Kier molecular flexibility index (Phi) is 8.30. The molecule has 0 aromatic rings. The minimum atomic E-state index is -0.0221. The highest BCUT2D eigenvalue weighted by Gasteiger charge is 2.26. The molecule has 1 fully saturated rings. The highest BCUT2D eigenvalue weighted by Crippen LogP contribution is 2.16. The maximum absolute atomic E-state index is 12.0. The van der Waals surface area contributed by atoms with Crippen molar-refractivity contribution in [2.75, 3.05) is 32.7 Å². The van der Waals surface area contributed by atoms with Crippen molar-refractivity contribution in [1.82, 2.24) is 15.5 Å². The average molecular weight is 298 g/mol. The Hall–Kier alpha value is -1.14. The number of rotatable bonds is 8. The summed E-state index contributed by atoms with van der Waals surface area (Å²) in [5.74, 6) is 0.0926. The molecular weight excluding hydrogens is 268 g/mol. The summed E-state index contributed by atoms with van der Waals surface area (Å²) < 4.78 is 0. The maximum Gasteiger partial charge on any atom is 0.234 e. The van der Waals surface area contributed by atoms with Gasteiger partial charge < -0.3 is 16.4 Å². The lowest BCUT2D eigenvalue weighted by Crippen LogP contribution is -2.48. The summed E-state index contributed by atoms with van der Waals surface area (Å²) in [5.41, 5.74) is 5.39. The lowest BCUT2D eigenvalue weighted by molar-refractivity contribution is -0.129. The van der Waals surface area contributed by atoms with E-state index in [1.165, 1.54) is 0 Å². The number of hydrogen-bond acceptors (Lipinski definition) is 4. The summed E-state index contributed by atoms with van der Waals surface area (Å²) in [6, 6.07) is 0.218. The fourth-order valence-corrected chi connectivity index (χ4v) is 2.78. The number of amides is 2. The summed E-state index contributed by atoms with van der Waals surface area (Å²) in [4.78, 5) is 26.0. The van der Waals surface area contributed by atoms with Gasteiger partial charge in [-0.1, -0.05) is 13.3 Å². The maximum atomic E-state index is 12.0. The van der Waals surface area contributed by atoms with Crippen molar-refractivity contribution in [3.8, 4) is 0 Å². The zero-order valence-electron chi connectivity index (χ0n) is 13.4. The van der Waals surface area contributed by atoms with Crippen LogP contribution in [0.2, 0.25) is 0 Å². The van der Waals surface area contributed by atoms with Gasteiger partial charge in [0.15, 0.2) is 0 Å². The fourth-order valence-electron chi connectivity index (χ4n) is 2.78. The quantitative estimate of drug-likeness (QED) is 0.592. The zero-order chi connectivity index (χ0) is 15.7. The van der Waals surface area contributed by atoms with Crippen LogP contribution in [0.4, 0.5) is 0 Å². The van der Waals surface area contributed by atoms with E-state index in [0.717, 1.165) is 32.2 Å². The zero-order valence-corrected chi connectivity index (χ0v) is 13.4. The van der Waals surface area contributed by atoms with Gasteiger partial charge in [0.2, 0.25) is 11.8 Å². The monoisotopic (exact) mass is 298 g/mol. The van der Waals surface area contributed by atoms with Crippen LogP contribution in [0.5, 0.6) is 0 Å². The third-order valence-corrected chi connectivity index (χ3v) is 3.82. The van der Waals surface area contributed by atoms with E-state index in [-0.39, 0.29) is 23.8 Å². The van der Waals surface area contributed by atoms with Gasteiger partial charge in [0.25, 0.3) is 0 Å². The molecule has 0 aliphatic carbocycles. The van der Waals surface area contributed by atoms with Crippen LogP contribution >= 0.6 is 0 Å². The molecule has 0 spiro atoms. The normalized spacial score (nSPS) is 20.8. The molecule has 0 bridgehead atoms. The minimum Gasteiger partial charge on any atom is -0.355 e. The van der Waals surface area contributed by atoms with Gasteiger partial charge in [-0.05, 0) is 32.7 Å². The van der Waals surface area contributed by atoms with Crippen LogP contribution in [-0.2, 0) is 9.59 Å². The van der Waals surface area contributed by atoms with Crippen LogP contribution in [0.15, 0.2) is 0 Å². The van der Waals surface area contributed by atoms with Gasteiger partial charge >= 0.3 is 0 Å². The van der Waals surface area contributed by atoms with Crippen LogP contribution < -0.4 is 16.4 Å². The molecule has 1 saturated heterocycles. The summed E-state index contributed by atoms with van der Waals surface area (Å²) in [6.45, 7) is 7.04. The number of piperidine rings is 1. The van der Waals surface area contributed by atoms with Gasteiger partial charge in [-0.2, -0.15) is 0 Å². The third-order valence-electron chi connectivity index (χ3n) is 3.82. The summed E-state index contributed by atoms with van der Waals surface area (Å²) in [7, 11) is 0. The van der Waals surface area contributed by atoms with E-state index in [2.05, 4.69) is 22.5 Å². The molecule has 0 aromatic carbocycles. The van der Waals surface area contributed by atoms with Gasteiger partial charge in [-0.3, -0.25) is 14.5 Å². The lowest BCUT2D eigenvalue weighted by atomic mass is 9.97. The van der Waals surface area contributed by atoms with E-state index < -0.39 is 0 Å². The van der Waals surface area contributed by atoms with Crippen LogP contribution in [-0.4, -0.2) is 55.5 Å². The smallest absolute Gasteiger partial charge is 0.234 e. The van der Waals surface area contributed by atoms with Crippen molar-refractivity contribution in [2.45, 2.75) is 45.6 Å². The van der Waals surface area contributed by atoms with Gasteiger partial charge in [0.1, 0.15) is 0 Å². The van der Waals surface area contributed by atoms with Crippen molar-refractivity contribution < 1.29 is 9.59 Å². The van der Waals surface area contributed by atoms with Crippen molar-refractivity contribution in [3.05, 3.63) is 0 Å². The van der Waals surface area contributed by atoms with Gasteiger partial charge in [0.05, 0.1) is 12.5 Å². The number of nitrogens with one attached hydrogen (secondary N) is 2. The van der Waals surface area contributed by atoms with Crippen molar-refractivity contribution in [2.24, 2.45) is 11.7 Å². The van der Waals surface area contributed by atoms with Crippen LogP contribution in [0.25, 0.3) is 0 Å². The molecule has 1 aliphatic rings. The number of likely N-dealkylation sites (tertiary alicyclic amines) is 1. The molecule has 21 heavy (non-hydrogen) atoms. The Labute approximate surface area is 127 Å². The Balaban J connectivity index is 2.35. The van der Waals surface area contributed by atoms with E-state index in [4.69, 9.17) is 5.73 Å². The molecule has 4 N–H and O–H groups in total. The second-order valence-electron chi connectivity index (χ2n) is 5.91.